The Bertz CT molecular complexity index is 981. The molecule has 0 aromatic heterocycles. The predicted octanol–water partition coefficient (Wildman–Crippen LogP) is 5.21. The highest BCUT2D eigenvalue weighted by Crippen LogP contribution is 2.26. The lowest BCUT2D eigenvalue weighted by Crippen LogP contribution is -2.51. The van der Waals surface area contributed by atoms with Gasteiger partial charge in [-0.15, -0.1) is 0 Å². The predicted molar refractivity (Wildman–Crippen MR) is 134 cm³/mol. The van der Waals surface area contributed by atoms with Crippen LogP contribution in [0.5, 0.6) is 11.5 Å². The summed E-state index contributed by atoms with van der Waals surface area (Å²) in [6.07, 6.45) is 5.43. The van der Waals surface area contributed by atoms with Gasteiger partial charge in [0.15, 0.2) is 6.61 Å². The lowest BCUT2D eigenvalue weighted by molar-refractivity contribution is -0.142. The largest absolute Gasteiger partial charge is 0.497 e. The zero-order valence-electron chi connectivity index (χ0n) is 20.5. The molecule has 0 saturated heterocycles. The van der Waals surface area contributed by atoms with Crippen molar-refractivity contribution in [3.8, 4) is 11.5 Å². The number of nitrogens with zero attached hydrogens (tertiary/aromatic N) is 1. The minimum atomic E-state index is -0.641. The zero-order valence-corrected chi connectivity index (χ0v) is 21.3. The summed E-state index contributed by atoms with van der Waals surface area (Å²) in [4.78, 5) is 28.0. The minimum absolute atomic E-state index is 0.138. The third-order valence-corrected chi connectivity index (χ3v) is 6.97. The normalized spacial score (nSPS) is 14.9. The van der Waals surface area contributed by atoms with Crippen LogP contribution in [0, 0.1) is 13.8 Å². The van der Waals surface area contributed by atoms with Gasteiger partial charge in [0.25, 0.3) is 5.91 Å². The zero-order chi connectivity index (χ0) is 24.7. The van der Waals surface area contributed by atoms with Crippen molar-refractivity contribution in [1.82, 2.24) is 10.2 Å². The van der Waals surface area contributed by atoms with E-state index in [1.165, 1.54) is 6.42 Å². The number of aryl methyl sites for hydroxylation is 2. The van der Waals surface area contributed by atoms with E-state index in [1.807, 2.05) is 50.2 Å². The molecule has 2 aromatic rings. The van der Waals surface area contributed by atoms with Crippen LogP contribution in [-0.4, -0.2) is 42.5 Å². The Morgan fingerprint density at radius 2 is 1.76 bits per heavy atom. The third-order valence-electron chi connectivity index (χ3n) is 6.38. The van der Waals surface area contributed by atoms with Crippen molar-refractivity contribution in [2.75, 3.05) is 13.7 Å². The number of carbonyl (C=O) groups excluding carboxylic acids is 2. The van der Waals surface area contributed by atoms with E-state index in [1.54, 1.807) is 18.9 Å². The summed E-state index contributed by atoms with van der Waals surface area (Å²) >= 11 is 6.25. The SMILES string of the molecule is COc1cccc(CN(C(=O)COc2cc(C)c(Cl)c(C)c2)[C@H](C)C(=O)NC2CCCCC2)c1. The summed E-state index contributed by atoms with van der Waals surface area (Å²) < 4.78 is 11.1. The van der Waals surface area contributed by atoms with Gasteiger partial charge < -0.3 is 19.7 Å². The van der Waals surface area contributed by atoms with Crippen LogP contribution < -0.4 is 14.8 Å². The van der Waals surface area contributed by atoms with Gasteiger partial charge in [-0.2, -0.15) is 0 Å². The average molecular weight is 487 g/mol. The highest BCUT2D eigenvalue weighted by atomic mass is 35.5. The van der Waals surface area contributed by atoms with E-state index >= 15 is 0 Å². The molecule has 0 radical (unpaired) electrons. The van der Waals surface area contributed by atoms with Crippen LogP contribution in [0.25, 0.3) is 0 Å². The minimum Gasteiger partial charge on any atom is -0.497 e. The first-order chi connectivity index (χ1) is 16.3. The average Bonchev–Trinajstić information content (AvgIpc) is 2.84. The van der Waals surface area contributed by atoms with Crippen molar-refractivity contribution in [2.24, 2.45) is 0 Å². The van der Waals surface area contributed by atoms with Crippen LogP contribution >= 0.6 is 11.6 Å². The van der Waals surface area contributed by atoms with Gasteiger partial charge in [-0.05, 0) is 74.6 Å². The van der Waals surface area contributed by atoms with Crippen molar-refractivity contribution in [3.63, 3.8) is 0 Å². The van der Waals surface area contributed by atoms with Crippen LogP contribution in [0.1, 0.15) is 55.7 Å². The Balaban J connectivity index is 1.75. The number of methoxy groups -OCH3 is 1. The molecule has 1 saturated carbocycles. The van der Waals surface area contributed by atoms with Crippen LogP contribution in [-0.2, 0) is 16.1 Å². The Morgan fingerprint density at radius 3 is 2.41 bits per heavy atom. The fraction of sp³-hybridized carbons (Fsp3) is 0.481. The lowest BCUT2D eigenvalue weighted by atomic mass is 9.95. The first-order valence-electron chi connectivity index (χ1n) is 11.9. The van der Waals surface area contributed by atoms with Crippen molar-refractivity contribution in [3.05, 3.63) is 58.1 Å². The summed E-state index contributed by atoms with van der Waals surface area (Å²) in [5, 5.41) is 3.83. The van der Waals surface area contributed by atoms with Gasteiger partial charge in [0, 0.05) is 17.6 Å². The molecule has 1 aliphatic rings. The Kier molecular flexibility index (Phi) is 9.22. The summed E-state index contributed by atoms with van der Waals surface area (Å²) in [6.45, 7) is 5.67. The van der Waals surface area contributed by atoms with E-state index < -0.39 is 6.04 Å². The number of amides is 2. The van der Waals surface area contributed by atoms with E-state index in [-0.39, 0.29) is 31.0 Å². The molecular weight excluding hydrogens is 452 g/mol. The van der Waals surface area contributed by atoms with E-state index in [0.717, 1.165) is 42.4 Å². The fourth-order valence-electron chi connectivity index (χ4n) is 4.34. The lowest BCUT2D eigenvalue weighted by Gasteiger charge is -2.31. The van der Waals surface area contributed by atoms with Gasteiger partial charge >= 0.3 is 0 Å². The molecule has 1 aliphatic carbocycles. The number of halogens is 1. The molecule has 1 fully saturated rings. The summed E-state index contributed by atoms with van der Waals surface area (Å²) in [6, 6.07) is 10.7. The smallest absolute Gasteiger partial charge is 0.261 e. The molecule has 3 rings (SSSR count). The molecular formula is C27H35ClN2O4. The number of carbonyl (C=O) groups is 2. The monoisotopic (exact) mass is 486 g/mol. The van der Waals surface area contributed by atoms with Crippen molar-refractivity contribution >= 4 is 23.4 Å². The number of rotatable bonds is 9. The first kappa shape index (κ1) is 25.9. The Hall–Kier alpha value is -2.73. The van der Waals surface area contributed by atoms with Gasteiger partial charge in [-0.25, -0.2) is 0 Å². The quantitative estimate of drug-likeness (QED) is 0.528. The fourth-order valence-corrected chi connectivity index (χ4v) is 4.45. The van der Waals surface area contributed by atoms with E-state index in [9.17, 15) is 9.59 Å². The maximum absolute atomic E-state index is 13.3. The van der Waals surface area contributed by atoms with Crippen LogP contribution in [0.3, 0.4) is 0 Å². The Labute approximate surface area is 207 Å². The van der Waals surface area contributed by atoms with E-state index in [4.69, 9.17) is 21.1 Å². The number of benzene rings is 2. The van der Waals surface area contributed by atoms with E-state index in [2.05, 4.69) is 5.32 Å². The van der Waals surface area contributed by atoms with Crippen molar-refractivity contribution in [1.29, 1.82) is 0 Å². The van der Waals surface area contributed by atoms with Crippen molar-refractivity contribution < 1.29 is 19.1 Å². The highest BCUT2D eigenvalue weighted by Gasteiger charge is 2.28. The number of nitrogens with one attached hydrogen (secondary N) is 1. The summed E-state index contributed by atoms with van der Waals surface area (Å²) in [5.74, 6) is 0.877. The van der Waals surface area contributed by atoms with Gasteiger partial charge in [-0.3, -0.25) is 9.59 Å². The Morgan fingerprint density at radius 1 is 1.09 bits per heavy atom. The van der Waals surface area contributed by atoms with E-state index in [0.29, 0.717) is 16.5 Å². The highest BCUT2D eigenvalue weighted by molar-refractivity contribution is 6.32. The molecule has 7 heteroatoms. The molecule has 34 heavy (non-hydrogen) atoms. The molecule has 6 nitrogen and oxygen atoms in total. The molecule has 2 aromatic carbocycles. The second-order valence-corrected chi connectivity index (χ2v) is 9.43. The molecule has 1 N–H and O–H groups in total. The standard InChI is InChI=1S/C27H35ClN2O4/c1-18-13-24(14-19(2)26(18)28)34-17-25(31)30(16-21-9-8-12-23(15-21)33-4)20(3)27(32)29-22-10-6-5-7-11-22/h8-9,12-15,20,22H,5-7,10-11,16-17H2,1-4H3,(H,29,32)/t20-/m1/s1. The van der Waals surface area contributed by atoms with Gasteiger partial charge in [0.05, 0.1) is 7.11 Å². The van der Waals surface area contributed by atoms with Crippen LogP contribution in [0.2, 0.25) is 5.02 Å². The maximum Gasteiger partial charge on any atom is 0.261 e. The molecule has 2 amide bonds. The maximum atomic E-state index is 13.3. The number of ether oxygens (including phenoxy) is 2. The van der Waals surface area contributed by atoms with Gasteiger partial charge in [0.2, 0.25) is 5.91 Å². The van der Waals surface area contributed by atoms with Gasteiger partial charge in [-0.1, -0.05) is 43.0 Å². The summed E-state index contributed by atoms with van der Waals surface area (Å²) in [7, 11) is 1.60. The molecule has 0 spiro atoms. The second-order valence-electron chi connectivity index (χ2n) is 9.05. The molecule has 0 heterocycles. The molecule has 0 bridgehead atoms. The molecule has 0 unspecified atom stereocenters. The van der Waals surface area contributed by atoms with Crippen LogP contribution in [0.4, 0.5) is 0 Å². The molecule has 1 atom stereocenters. The molecule has 184 valence electrons. The topological polar surface area (TPSA) is 67.9 Å². The second kappa shape index (κ2) is 12.1. The third kappa shape index (κ3) is 6.89. The van der Waals surface area contributed by atoms with Crippen LogP contribution in [0.15, 0.2) is 36.4 Å². The summed E-state index contributed by atoms with van der Waals surface area (Å²) in [5.41, 5.74) is 2.65. The van der Waals surface area contributed by atoms with Gasteiger partial charge in [0.1, 0.15) is 17.5 Å². The first-order valence-corrected chi connectivity index (χ1v) is 12.3. The molecule has 0 aliphatic heterocycles. The number of hydrogen-bond acceptors (Lipinski definition) is 4. The van der Waals surface area contributed by atoms with Crippen molar-refractivity contribution in [2.45, 2.75) is 71.5 Å². The number of hydrogen-bond donors (Lipinski definition) is 1.